The number of sulfonamides is 1. The second-order valence-electron chi connectivity index (χ2n) is 8.05. The SMILES string of the molecule is COc1ccc(OC)c([C@H](C)NC(=O)[C@H]2CCCCN2S(=O)(=O)c2ccc(C(C)=O)cc2)c1. The van der Waals surface area contributed by atoms with E-state index >= 15 is 0 Å². The highest BCUT2D eigenvalue weighted by Crippen LogP contribution is 2.31. The number of amides is 1. The van der Waals surface area contributed by atoms with Crippen molar-refractivity contribution in [2.75, 3.05) is 20.8 Å². The van der Waals surface area contributed by atoms with Gasteiger partial charge in [0, 0.05) is 17.7 Å². The van der Waals surface area contributed by atoms with Crippen LogP contribution in [0.25, 0.3) is 0 Å². The van der Waals surface area contributed by atoms with Crippen molar-refractivity contribution in [2.24, 2.45) is 0 Å². The average molecular weight is 475 g/mol. The Balaban J connectivity index is 1.83. The normalized spacial score (nSPS) is 17.8. The third-order valence-electron chi connectivity index (χ3n) is 5.89. The van der Waals surface area contributed by atoms with Crippen molar-refractivity contribution in [1.29, 1.82) is 0 Å². The zero-order valence-corrected chi connectivity index (χ0v) is 20.1. The van der Waals surface area contributed by atoms with E-state index in [-0.39, 0.29) is 23.1 Å². The number of nitrogens with one attached hydrogen (secondary N) is 1. The van der Waals surface area contributed by atoms with Gasteiger partial charge in [0.1, 0.15) is 17.5 Å². The Morgan fingerprint density at radius 3 is 2.36 bits per heavy atom. The third kappa shape index (κ3) is 5.36. The number of ketones is 1. The van der Waals surface area contributed by atoms with Crippen molar-refractivity contribution in [1.82, 2.24) is 9.62 Å². The highest BCUT2D eigenvalue weighted by molar-refractivity contribution is 7.89. The molecular formula is C24H30N2O6S. The monoisotopic (exact) mass is 474 g/mol. The van der Waals surface area contributed by atoms with E-state index in [1.54, 1.807) is 32.4 Å². The highest BCUT2D eigenvalue weighted by atomic mass is 32.2. The van der Waals surface area contributed by atoms with Crippen LogP contribution in [0.4, 0.5) is 0 Å². The van der Waals surface area contributed by atoms with Crippen LogP contribution in [-0.4, -0.2) is 51.2 Å². The highest BCUT2D eigenvalue weighted by Gasteiger charge is 2.38. The summed E-state index contributed by atoms with van der Waals surface area (Å²) in [5.41, 5.74) is 1.16. The summed E-state index contributed by atoms with van der Waals surface area (Å²) in [7, 11) is -0.800. The molecule has 0 bridgehead atoms. The van der Waals surface area contributed by atoms with E-state index in [1.807, 2.05) is 6.92 Å². The minimum Gasteiger partial charge on any atom is -0.497 e. The molecule has 1 fully saturated rings. The molecule has 8 nitrogen and oxygen atoms in total. The predicted octanol–water partition coefficient (Wildman–Crippen LogP) is 3.33. The molecule has 1 saturated heterocycles. The number of hydrogen-bond acceptors (Lipinski definition) is 6. The van der Waals surface area contributed by atoms with Gasteiger partial charge in [-0.15, -0.1) is 0 Å². The quantitative estimate of drug-likeness (QED) is 0.589. The van der Waals surface area contributed by atoms with Crippen LogP contribution in [0.15, 0.2) is 47.4 Å². The van der Waals surface area contributed by atoms with Gasteiger partial charge >= 0.3 is 0 Å². The second-order valence-corrected chi connectivity index (χ2v) is 9.94. The van der Waals surface area contributed by atoms with E-state index in [9.17, 15) is 18.0 Å². The van der Waals surface area contributed by atoms with Gasteiger partial charge in [-0.3, -0.25) is 9.59 Å². The Hall–Kier alpha value is -2.91. The van der Waals surface area contributed by atoms with Crippen LogP contribution in [0.3, 0.4) is 0 Å². The van der Waals surface area contributed by atoms with Gasteiger partial charge in [0.05, 0.1) is 25.2 Å². The summed E-state index contributed by atoms with van der Waals surface area (Å²) in [6, 6.07) is 9.88. The molecule has 0 spiro atoms. The fourth-order valence-corrected chi connectivity index (χ4v) is 5.67. The summed E-state index contributed by atoms with van der Waals surface area (Å²) in [5, 5.41) is 2.94. The minimum atomic E-state index is -3.91. The Kier molecular flexibility index (Phi) is 7.76. The van der Waals surface area contributed by atoms with Crippen molar-refractivity contribution in [2.45, 2.75) is 50.1 Å². The number of carbonyl (C=O) groups excluding carboxylic acids is 2. The molecule has 1 amide bonds. The number of carbonyl (C=O) groups is 2. The molecule has 2 aromatic rings. The molecule has 1 heterocycles. The van der Waals surface area contributed by atoms with Crippen LogP contribution in [0.1, 0.15) is 55.1 Å². The van der Waals surface area contributed by atoms with E-state index in [0.717, 1.165) is 12.0 Å². The number of ether oxygens (including phenoxy) is 2. The molecule has 33 heavy (non-hydrogen) atoms. The standard InChI is InChI=1S/C24H30N2O6S/c1-16(21-15-19(31-3)10-13-23(21)32-4)25-24(28)22-7-5-6-14-26(22)33(29,30)20-11-8-18(9-12-20)17(2)27/h8-13,15-16,22H,5-7,14H2,1-4H3,(H,25,28)/t16-,22+/m0/s1. The molecule has 2 atom stereocenters. The zero-order chi connectivity index (χ0) is 24.2. The molecule has 9 heteroatoms. The van der Waals surface area contributed by atoms with Crippen molar-refractivity contribution in [3.63, 3.8) is 0 Å². The lowest BCUT2D eigenvalue weighted by Gasteiger charge is -2.34. The zero-order valence-electron chi connectivity index (χ0n) is 19.3. The summed E-state index contributed by atoms with van der Waals surface area (Å²) in [4.78, 5) is 24.8. The van der Waals surface area contributed by atoms with Gasteiger partial charge in [0.2, 0.25) is 15.9 Å². The molecule has 0 aliphatic carbocycles. The van der Waals surface area contributed by atoms with Crippen LogP contribution in [0.5, 0.6) is 11.5 Å². The molecule has 0 unspecified atom stereocenters. The average Bonchev–Trinajstić information content (AvgIpc) is 2.83. The molecule has 1 aliphatic rings. The Bertz CT molecular complexity index is 1110. The van der Waals surface area contributed by atoms with Crippen molar-refractivity contribution >= 4 is 21.7 Å². The molecule has 0 aromatic heterocycles. The van der Waals surface area contributed by atoms with Gasteiger partial charge in [-0.05, 0) is 57.0 Å². The molecule has 0 saturated carbocycles. The lowest BCUT2D eigenvalue weighted by atomic mass is 10.0. The van der Waals surface area contributed by atoms with Crippen LogP contribution in [0, 0.1) is 0 Å². The lowest BCUT2D eigenvalue weighted by Crippen LogP contribution is -2.52. The number of rotatable bonds is 8. The lowest BCUT2D eigenvalue weighted by molar-refractivity contribution is -0.126. The molecule has 1 N–H and O–H groups in total. The Morgan fingerprint density at radius 2 is 1.76 bits per heavy atom. The van der Waals surface area contributed by atoms with Crippen LogP contribution < -0.4 is 14.8 Å². The van der Waals surface area contributed by atoms with E-state index in [1.165, 1.54) is 35.5 Å². The number of nitrogens with zero attached hydrogens (tertiary/aromatic N) is 1. The van der Waals surface area contributed by atoms with Gasteiger partial charge in [-0.2, -0.15) is 4.31 Å². The first-order valence-electron chi connectivity index (χ1n) is 10.8. The first kappa shape index (κ1) is 24.7. The van der Waals surface area contributed by atoms with Gasteiger partial charge in [-0.1, -0.05) is 18.6 Å². The molecule has 178 valence electrons. The first-order chi connectivity index (χ1) is 15.7. The van der Waals surface area contributed by atoms with Gasteiger partial charge in [0.15, 0.2) is 5.78 Å². The summed E-state index contributed by atoms with van der Waals surface area (Å²) in [6.07, 6.45) is 1.86. The van der Waals surface area contributed by atoms with Crippen LogP contribution >= 0.6 is 0 Å². The molecule has 0 radical (unpaired) electrons. The Labute approximate surface area is 194 Å². The maximum absolute atomic E-state index is 13.3. The molecule has 3 rings (SSSR count). The van der Waals surface area contributed by atoms with Crippen LogP contribution in [-0.2, 0) is 14.8 Å². The summed E-state index contributed by atoms with van der Waals surface area (Å²) < 4.78 is 38.7. The molecule has 1 aliphatic heterocycles. The van der Waals surface area contributed by atoms with Crippen LogP contribution in [0.2, 0.25) is 0 Å². The number of Topliss-reactive ketones (excluding diaryl/α,β-unsaturated/α-hetero) is 1. The maximum atomic E-state index is 13.3. The maximum Gasteiger partial charge on any atom is 0.243 e. The third-order valence-corrected chi connectivity index (χ3v) is 7.81. The summed E-state index contributed by atoms with van der Waals surface area (Å²) >= 11 is 0. The van der Waals surface area contributed by atoms with Gasteiger partial charge in [-0.25, -0.2) is 8.42 Å². The van der Waals surface area contributed by atoms with Gasteiger partial charge in [0.25, 0.3) is 0 Å². The summed E-state index contributed by atoms with van der Waals surface area (Å²) in [6.45, 7) is 3.50. The smallest absolute Gasteiger partial charge is 0.243 e. The van der Waals surface area contributed by atoms with Crippen molar-refractivity contribution in [3.05, 3.63) is 53.6 Å². The minimum absolute atomic E-state index is 0.0645. The number of methoxy groups -OCH3 is 2. The molecule has 2 aromatic carbocycles. The topological polar surface area (TPSA) is 102 Å². The fourth-order valence-electron chi connectivity index (χ4n) is 4.02. The van der Waals surface area contributed by atoms with Crippen molar-refractivity contribution < 1.29 is 27.5 Å². The fraction of sp³-hybridized carbons (Fsp3) is 0.417. The number of benzene rings is 2. The largest absolute Gasteiger partial charge is 0.497 e. The second kappa shape index (κ2) is 10.4. The Morgan fingerprint density at radius 1 is 1.06 bits per heavy atom. The number of piperidine rings is 1. The van der Waals surface area contributed by atoms with E-state index in [2.05, 4.69) is 5.32 Å². The first-order valence-corrected chi connectivity index (χ1v) is 12.3. The summed E-state index contributed by atoms with van der Waals surface area (Å²) in [5.74, 6) is 0.720. The van der Waals surface area contributed by atoms with E-state index in [0.29, 0.717) is 29.9 Å². The van der Waals surface area contributed by atoms with E-state index < -0.39 is 22.1 Å². The van der Waals surface area contributed by atoms with Crippen molar-refractivity contribution in [3.8, 4) is 11.5 Å². The van der Waals surface area contributed by atoms with E-state index in [4.69, 9.17) is 9.47 Å². The predicted molar refractivity (Wildman–Crippen MR) is 124 cm³/mol. The molecular weight excluding hydrogens is 444 g/mol. The number of hydrogen-bond donors (Lipinski definition) is 1. The van der Waals surface area contributed by atoms with Gasteiger partial charge < -0.3 is 14.8 Å².